The molecule has 0 aliphatic carbocycles. The van der Waals surface area contributed by atoms with Crippen LogP contribution in [0.4, 0.5) is 11.5 Å². The zero-order valence-corrected chi connectivity index (χ0v) is 9.45. The molecule has 2 aliphatic rings. The Bertz CT molecular complexity index is 358. The highest BCUT2D eigenvalue weighted by Gasteiger charge is 2.26. The lowest BCUT2D eigenvalue weighted by atomic mass is 10.1. The van der Waals surface area contributed by atoms with Crippen LogP contribution in [0.1, 0.15) is 19.3 Å². The Balaban J connectivity index is 1.80. The lowest BCUT2D eigenvalue weighted by Crippen LogP contribution is -2.35. The van der Waals surface area contributed by atoms with E-state index in [1.807, 2.05) is 12.3 Å². The van der Waals surface area contributed by atoms with E-state index in [1.54, 1.807) is 0 Å². The number of hydrogen-bond acceptors (Lipinski definition) is 4. The highest BCUT2D eigenvalue weighted by Crippen LogP contribution is 2.32. The van der Waals surface area contributed by atoms with Crippen molar-refractivity contribution in [2.75, 3.05) is 30.0 Å². The fraction of sp³-hybridized carbons (Fsp3) is 0.583. The summed E-state index contributed by atoms with van der Waals surface area (Å²) in [5.74, 6) is 1.04. The molecule has 1 aromatic rings. The molecule has 16 heavy (non-hydrogen) atoms. The third-order valence-electron chi connectivity index (χ3n) is 3.50. The second kappa shape index (κ2) is 4.29. The Hall–Kier alpha value is -1.29. The molecule has 4 heteroatoms. The second-order valence-electron chi connectivity index (χ2n) is 4.51. The molecule has 2 aliphatic heterocycles. The van der Waals surface area contributed by atoms with Crippen molar-refractivity contribution in [1.29, 1.82) is 0 Å². The predicted molar refractivity (Wildman–Crippen MR) is 65.7 cm³/mol. The van der Waals surface area contributed by atoms with Gasteiger partial charge in [-0.2, -0.15) is 0 Å². The summed E-state index contributed by atoms with van der Waals surface area (Å²) in [6.45, 7) is 3.21. The Morgan fingerprint density at radius 2 is 2.31 bits per heavy atom. The number of hydrogen-bond donors (Lipinski definition) is 2. The van der Waals surface area contributed by atoms with Gasteiger partial charge in [0.25, 0.3) is 0 Å². The molecule has 1 atom stereocenters. The number of pyridine rings is 1. The van der Waals surface area contributed by atoms with E-state index < -0.39 is 0 Å². The van der Waals surface area contributed by atoms with Gasteiger partial charge in [-0.3, -0.25) is 0 Å². The molecule has 1 fully saturated rings. The van der Waals surface area contributed by atoms with Crippen molar-refractivity contribution in [3.8, 4) is 0 Å². The lowest BCUT2D eigenvalue weighted by Gasteiger charge is -2.27. The molecule has 3 heterocycles. The summed E-state index contributed by atoms with van der Waals surface area (Å²) in [4.78, 5) is 6.83. The second-order valence-corrected chi connectivity index (χ2v) is 4.51. The molecule has 0 radical (unpaired) electrons. The predicted octanol–water partition coefficient (Wildman–Crippen LogP) is 1.41. The van der Waals surface area contributed by atoms with Crippen LogP contribution in [0, 0.1) is 0 Å². The number of nitrogens with zero attached hydrogens (tertiary/aromatic N) is 2. The fourth-order valence-electron chi connectivity index (χ4n) is 2.65. The van der Waals surface area contributed by atoms with Crippen molar-refractivity contribution < 1.29 is 0 Å². The number of aromatic nitrogens is 1. The maximum atomic E-state index is 4.36. The third-order valence-corrected chi connectivity index (χ3v) is 3.50. The topological polar surface area (TPSA) is 40.2 Å². The van der Waals surface area contributed by atoms with Crippen LogP contribution < -0.4 is 15.5 Å². The van der Waals surface area contributed by atoms with E-state index in [9.17, 15) is 0 Å². The summed E-state index contributed by atoms with van der Waals surface area (Å²) in [6, 6.07) is 4.85. The molecule has 3 rings (SSSR count). The van der Waals surface area contributed by atoms with Gasteiger partial charge in [0.1, 0.15) is 0 Å². The number of nitrogens with one attached hydrogen (secondary N) is 2. The van der Waals surface area contributed by atoms with Gasteiger partial charge in [-0.05, 0) is 44.5 Å². The maximum absolute atomic E-state index is 4.36. The van der Waals surface area contributed by atoms with Gasteiger partial charge in [0, 0.05) is 12.2 Å². The number of rotatable bonds is 1. The first-order valence-electron chi connectivity index (χ1n) is 6.11. The summed E-state index contributed by atoms with van der Waals surface area (Å²) in [5.41, 5.74) is 1.27. The maximum Gasteiger partial charge on any atom is 0.151 e. The first-order valence-corrected chi connectivity index (χ1v) is 6.11. The highest BCUT2D eigenvalue weighted by molar-refractivity contribution is 5.70. The minimum atomic E-state index is 0.660. The molecule has 0 aromatic carbocycles. The Morgan fingerprint density at radius 1 is 1.31 bits per heavy atom. The highest BCUT2D eigenvalue weighted by atomic mass is 15.3. The van der Waals surface area contributed by atoms with E-state index in [1.165, 1.54) is 24.9 Å². The van der Waals surface area contributed by atoms with Crippen LogP contribution in [0.5, 0.6) is 0 Å². The van der Waals surface area contributed by atoms with E-state index in [0.717, 1.165) is 25.6 Å². The van der Waals surface area contributed by atoms with Crippen molar-refractivity contribution in [1.82, 2.24) is 10.3 Å². The average molecular weight is 218 g/mol. The largest absolute Gasteiger partial charge is 0.351 e. The molecule has 4 nitrogen and oxygen atoms in total. The monoisotopic (exact) mass is 218 g/mol. The van der Waals surface area contributed by atoms with E-state index in [4.69, 9.17) is 0 Å². The molecule has 1 unspecified atom stereocenters. The molecule has 0 amide bonds. The summed E-state index contributed by atoms with van der Waals surface area (Å²) >= 11 is 0. The van der Waals surface area contributed by atoms with Gasteiger partial charge in [-0.15, -0.1) is 0 Å². The fourth-order valence-corrected chi connectivity index (χ4v) is 2.65. The van der Waals surface area contributed by atoms with Gasteiger partial charge < -0.3 is 15.5 Å². The zero-order chi connectivity index (χ0) is 10.8. The van der Waals surface area contributed by atoms with Gasteiger partial charge in [-0.25, -0.2) is 4.98 Å². The molecule has 2 N–H and O–H groups in total. The number of anilines is 2. The summed E-state index contributed by atoms with van der Waals surface area (Å²) in [5, 5.41) is 6.82. The Kier molecular flexibility index (Phi) is 2.66. The lowest BCUT2D eigenvalue weighted by molar-refractivity contribution is 0.555. The van der Waals surface area contributed by atoms with E-state index in [-0.39, 0.29) is 0 Å². The van der Waals surface area contributed by atoms with Crippen molar-refractivity contribution in [3.05, 3.63) is 18.3 Å². The van der Waals surface area contributed by atoms with Crippen molar-refractivity contribution in [2.45, 2.75) is 25.3 Å². The molecule has 0 saturated carbocycles. The van der Waals surface area contributed by atoms with Crippen molar-refractivity contribution in [3.63, 3.8) is 0 Å². The molecular weight excluding hydrogens is 200 g/mol. The van der Waals surface area contributed by atoms with Crippen LogP contribution in [-0.2, 0) is 0 Å². The standard InChI is InChI=1S/C12H18N4/c1-3-10(5-8-13-6-1)16-9-15-12-11(16)4-2-7-14-12/h2,4,7,10,13H,1,3,5-6,8-9H2,(H,14,15). The van der Waals surface area contributed by atoms with Crippen LogP contribution in [0.15, 0.2) is 18.3 Å². The summed E-state index contributed by atoms with van der Waals surface area (Å²) in [7, 11) is 0. The molecule has 0 bridgehead atoms. The van der Waals surface area contributed by atoms with Gasteiger partial charge in [-0.1, -0.05) is 0 Å². The zero-order valence-electron chi connectivity index (χ0n) is 9.45. The molecular formula is C12H18N4. The summed E-state index contributed by atoms with van der Waals surface area (Å²) < 4.78 is 0. The van der Waals surface area contributed by atoms with E-state index >= 15 is 0 Å². The van der Waals surface area contributed by atoms with Gasteiger partial charge in [0.2, 0.25) is 0 Å². The van der Waals surface area contributed by atoms with Crippen LogP contribution in [0.25, 0.3) is 0 Å². The minimum absolute atomic E-state index is 0.660. The number of fused-ring (bicyclic) bond motifs is 1. The molecule has 0 spiro atoms. The normalized spacial score (nSPS) is 24.8. The third kappa shape index (κ3) is 1.73. The molecule has 86 valence electrons. The van der Waals surface area contributed by atoms with Crippen LogP contribution in [-0.4, -0.2) is 30.8 Å². The van der Waals surface area contributed by atoms with Gasteiger partial charge >= 0.3 is 0 Å². The van der Waals surface area contributed by atoms with Gasteiger partial charge in [0.05, 0.1) is 12.4 Å². The minimum Gasteiger partial charge on any atom is -0.351 e. The average Bonchev–Trinajstić information content (AvgIpc) is 2.57. The Labute approximate surface area is 96.1 Å². The molecule has 1 aromatic heterocycles. The van der Waals surface area contributed by atoms with Crippen LogP contribution >= 0.6 is 0 Å². The van der Waals surface area contributed by atoms with Crippen LogP contribution in [0.2, 0.25) is 0 Å². The summed E-state index contributed by atoms with van der Waals surface area (Å²) in [6.07, 6.45) is 5.64. The molecule has 1 saturated heterocycles. The Morgan fingerprint density at radius 3 is 3.31 bits per heavy atom. The van der Waals surface area contributed by atoms with Crippen LogP contribution in [0.3, 0.4) is 0 Å². The SMILES string of the molecule is c1cnc2c(c1)N(C1CCCNCC1)CN2. The van der Waals surface area contributed by atoms with E-state index in [0.29, 0.717) is 6.04 Å². The quantitative estimate of drug-likeness (QED) is 0.748. The smallest absolute Gasteiger partial charge is 0.151 e. The van der Waals surface area contributed by atoms with Gasteiger partial charge in [0.15, 0.2) is 5.82 Å². The van der Waals surface area contributed by atoms with Crippen molar-refractivity contribution >= 4 is 11.5 Å². The first kappa shape index (κ1) is 9.90. The van der Waals surface area contributed by atoms with Crippen molar-refractivity contribution in [2.24, 2.45) is 0 Å². The van der Waals surface area contributed by atoms with E-state index in [2.05, 4.69) is 26.6 Å². The first-order chi connectivity index (χ1) is 7.95.